The van der Waals surface area contributed by atoms with Crippen LogP contribution in [0.2, 0.25) is 0 Å². The predicted octanol–water partition coefficient (Wildman–Crippen LogP) is 1.54. The lowest BCUT2D eigenvalue weighted by molar-refractivity contribution is 0.100. The van der Waals surface area contributed by atoms with Gasteiger partial charge in [-0.05, 0) is 18.6 Å². The van der Waals surface area contributed by atoms with E-state index < -0.39 is 0 Å². The molecule has 0 aliphatic rings. The van der Waals surface area contributed by atoms with E-state index in [1.807, 2.05) is 30.8 Å². The molecule has 0 aliphatic heterocycles. The van der Waals surface area contributed by atoms with Gasteiger partial charge in [-0.15, -0.1) is 0 Å². The van der Waals surface area contributed by atoms with Gasteiger partial charge in [-0.25, -0.2) is 0 Å². The van der Waals surface area contributed by atoms with Gasteiger partial charge in [-0.2, -0.15) is 0 Å². The summed E-state index contributed by atoms with van der Waals surface area (Å²) in [6.45, 7) is 3.53. The maximum Gasteiger partial charge on any atom is 0.176 e. The number of carbonyl (C=O) groups excluding carboxylic acids is 1. The highest BCUT2D eigenvalue weighted by Gasteiger charge is 2.05. The molecule has 2 nitrogen and oxygen atoms in total. The summed E-state index contributed by atoms with van der Waals surface area (Å²) in [5.41, 5.74) is 1.86. The second-order valence-corrected chi connectivity index (χ2v) is 2.51. The van der Waals surface area contributed by atoms with Crippen molar-refractivity contribution in [2.45, 2.75) is 13.8 Å². The standard InChI is InChI=1S/C8H11NO/c1-6-4-5-9(3)8(6)7(2)10/h4-5H,1-3H3. The lowest BCUT2D eigenvalue weighted by Crippen LogP contribution is -2.01. The first-order chi connectivity index (χ1) is 4.63. The van der Waals surface area contributed by atoms with Crippen LogP contribution < -0.4 is 0 Å². The molecule has 0 saturated heterocycles. The van der Waals surface area contributed by atoms with E-state index in [0.29, 0.717) is 0 Å². The number of Topliss-reactive ketones (excluding diaryl/α,β-unsaturated/α-hetero) is 1. The Kier molecular flexibility index (Phi) is 1.62. The van der Waals surface area contributed by atoms with E-state index in [-0.39, 0.29) is 5.78 Å². The zero-order valence-electron chi connectivity index (χ0n) is 6.51. The maximum absolute atomic E-state index is 10.9. The highest BCUT2D eigenvalue weighted by Crippen LogP contribution is 2.07. The van der Waals surface area contributed by atoms with Gasteiger partial charge in [0.1, 0.15) is 0 Å². The van der Waals surface area contributed by atoms with E-state index in [1.165, 1.54) is 0 Å². The van der Waals surface area contributed by atoms with Crippen molar-refractivity contribution < 1.29 is 4.79 Å². The van der Waals surface area contributed by atoms with Gasteiger partial charge in [-0.1, -0.05) is 0 Å². The molecule has 10 heavy (non-hydrogen) atoms. The summed E-state index contributed by atoms with van der Waals surface area (Å²) in [6.07, 6.45) is 1.89. The molecule has 2 heteroatoms. The Hall–Kier alpha value is -1.05. The second-order valence-electron chi connectivity index (χ2n) is 2.51. The quantitative estimate of drug-likeness (QED) is 0.538. The first kappa shape index (κ1) is 7.06. The first-order valence-corrected chi connectivity index (χ1v) is 3.26. The number of rotatable bonds is 1. The summed E-state index contributed by atoms with van der Waals surface area (Å²) < 4.78 is 1.84. The fourth-order valence-electron chi connectivity index (χ4n) is 1.18. The van der Waals surface area contributed by atoms with Crippen LogP contribution in [0, 0.1) is 6.92 Å². The van der Waals surface area contributed by atoms with Crippen LogP contribution >= 0.6 is 0 Å². The van der Waals surface area contributed by atoms with Gasteiger partial charge in [0.05, 0.1) is 5.69 Å². The van der Waals surface area contributed by atoms with E-state index in [0.717, 1.165) is 11.3 Å². The van der Waals surface area contributed by atoms with E-state index in [4.69, 9.17) is 0 Å². The van der Waals surface area contributed by atoms with Crippen LogP contribution in [-0.4, -0.2) is 10.4 Å². The molecule has 0 aliphatic carbocycles. The molecule has 0 atom stereocenters. The fraction of sp³-hybridized carbons (Fsp3) is 0.375. The molecule has 0 unspecified atom stereocenters. The van der Waals surface area contributed by atoms with Crippen LogP contribution in [0.1, 0.15) is 23.0 Å². The Morgan fingerprint density at radius 2 is 2.20 bits per heavy atom. The molecule has 0 N–H and O–H groups in total. The van der Waals surface area contributed by atoms with Crippen LogP contribution in [0.4, 0.5) is 0 Å². The average molecular weight is 137 g/mol. The summed E-state index contributed by atoms with van der Waals surface area (Å²) in [5.74, 6) is 0.130. The van der Waals surface area contributed by atoms with Crippen LogP contribution in [0.5, 0.6) is 0 Å². The third-order valence-corrected chi connectivity index (χ3v) is 1.61. The van der Waals surface area contributed by atoms with Gasteiger partial charge in [0.15, 0.2) is 5.78 Å². The largest absolute Gasteiger partial charge is 0.348 e. The fourth-order valence-corrected chi connectivity index (χ4v) is 1.18. The first-order valence-electron chi connectivity index (χ1n) is 3.26. The maximum atomic E-state index is 10.9. The summed E-state index contributed by atoms with van der Waals surface area (Å²) in [6, 6.07) is 1.94. The molecule has 0 fully saturated rings. The van der Waals surface area contributed by atoms with Crippen LogP contribution in [0.3, 0.4) is 0 Å². The summed E-state index contributed by atoms with van der Waals surface area (Å²) in [4.78, 5) is 10.9. The minimum absolute atomic E-state index is 0.130. The number of aromatic nitrogens is 1. The van der Waals surface area contributed by atoms with Gasteiger partial charge >= 0.3 is 0 Å². The van der Waals surface area contributed by atoms with Crippen molar-refractivity contribution >= 4 is 5.78 Å². The van der Waals surface area contributed by atoms with Gasteiger partial charge in [-0.3, -0.25) is 4.79 Å². The number of aryl methyl sites for hydroxylation is 2. The Balaban J connectivity index is 3.23. The van der Waals surface area contributed by atoms with Crippen LogP contribution in [0.15, 0.2) is 12.3 Å². The summed E-state index contributed by atoms with van der Waals surface area (Å²) >= 11 is 0. The highest BCUT2D eigenvalue weighted by molar-refractivity contribution is 5.93. The smallest absolute Gasteiger partial charge is 0.176 e. The van der Waals surface area contributed by atoms with Gasteiger partial charge in [0.2, 0.25) is 0 Å². The Labute approximate surface area is 60.5 Å². The van der Waals surface area contributed by atoms with Crippen molar-refractivity contribution in [3.63, 3.8) is 0 Å². The van der Waals surface area contributed by atoms with Gasteiger partial charge in [0, 0.05) is 20.2 Å². The molecule has 1 aromatic rings. The van der Waals surface area contributed by atoms with Crippen LogP contribution in [0.25, 0.3) is 0 Å². The Morgan fingerprint density at radius 3 is 2.40 bits per heavy atom. The molecule has 0 aromatic carbocycles. The van der Waals surface area contributed by atoms with E-state index in [9.17, 15) is 4.79 Å². The lowest BCUT2D eigenvalue weighted by Gasteiger charge is -1.98. The number of nitrogens with zero attached hydrogens (tertiary/aromatic N) is 1. The Bertz CT molecular complexity index is 241. The molecule has 1 heterocycles. The van der Waals surface area contributed by atoms with E-state index >= 15 is 0 Å². The number of hydrogen-bond donors (Lipinski definition) is 0. The molecular weight excluding hydrogens is 126 g/mol. The molecule has 0 radical (unpaired) electrons. The third-order valence-electron chi connectivity index (χ3n) is 1.61. The van der Waals surface area contributed by atoms with Gasteiger partial charge < -0.3 is 4.57 Å². The summed E-state index contributed by atoms with van der Waals surface area (Å²) in [7, 11) is 1.88. The number of hydrogen-bond acceptors (Lipinski definition) is 1. The average Bonchev–Trinajstić information content (AvgIpc) is 2.11. The molecular formula is C8H11NO. The van der Waals surface area contributed by atoms with Crippen LogP contribution in [-0.2, 0) is 7.05 Å². The highest BCUT2D eigenvalue weighted by atomic mass is 16.1. The molecule has 0 spiro atoms. The van der Waals surface area contributed by atoms with Crippen molar-refractivity contribution in [1.82, 2.24) is 4.57 Å². The minimum Gasteiger partial charge on any atom is -0.348 e. The number of ketones is 1. The molecule has 1 rings (SSSR count). The molecule has 0 amide bonds. The van der Waals surface area contributed by atoms with E-state index in [2.05, 4.69) is 0 Å². The van der Waals surface area contributed by atoms with Crippen molar-refractivity contribution in [3.05, 3.63) is 23.5 Å². The monoisotopic (exact) mass is 137 g/mol. The predicted molar refractivity (Wildman–Crippen MR) is 40.2 cm³/mol. The van der Waals surface area contributed by atoms with Crippen molar-refractivity contribution in [2.24, 2.45) is 7.05 Å². The van der Waals surface area contributed by atoms with Crippen molar-refractivity contribution in [1.29, 1.82) is 0 Å². The third kappa shape index (κ3) is 0.967. The van der Waals surface area contributed by atoms with E-state index in [1.54, 1.807) is 6.92 Å². The van der Waals surface area contributed by atoms with Gasteiger partial charge in [0.25, 0.3) is 0 Å². The molecule has 0 bridgehead atoms. The van der Waals surface area contributed by atoms with Crippen molar-refractivity contribution in [2.75, 3.05) is 0 Å². The lowest BCUT2D eigenvalue weighted by atomic mass is 10.2. The Morgan fingerprint density at radius 1 is 1.60 bits per heavy atom. The molecule has 0 saturated carbocycles. The molecule has 54 valence electrons. The second kappa shape index (κ2) is 2.29. The molecule has 1 aromatic heterocycles. The normalized spacial score (nSPS) is 9.90. The topological polar surface area (TPSA) is 22.0 Å². The zero-order chi connectivity index (χ0) is 7.72. The SMILES string of the molecule is CC(=O)c1c(C)ccn1C. The number of carbonyl (C=O) groups is 1. The summed E-state index contributed by atoms with van der Waals surface area (Å²) in [5, 5.41) is 0. The minimum atomic E-state index is 0.130. The zero-order valence-corrected chi connectivity index (χ0v) is 6.51. The van der Waals surface area contributed by atoms with Crippen molar-refractivity contribution in [3.8, 4) is 0 Å².